The van der Waals surface area contributed by atoms with Crippen molar-refractivity contribution in [2.45, 2.75) is 20.8 Å². The lowest BCUT2D eigenvalue weighted by Gasteiger charge is -2.10. The summed E-state index contributed by atoms with van der Waals surface area (Å²) in [5.41, 5.74) is 1.13. The van der Waals surface area contributed by atoms with E-state index in [0.29, 0.717) is 16.7 Å². The van der Waals surface area contributed by atoms with Gasteiger partial charge in [-0.25, -0.2) is 4.39 Å². The first kappa shape index (κ1) is 14.2. The van der Waals surface area contributed by atoms with Crippen LogP contribution in [-0.4, -0.2) is 23.5 Å². The molecule has 0 aliphatic rings. The molecule has 1 aromatic rings. The van der Waals surface area contributed by atoms with Crippen LogP contribution in [0.15, 0.2) is 12.1 Å². The maximum Gasteiger partial charge on any atom is 0.308 e. The number of carbonyl (C=O) groups excluding carboxylic acids is 1. The summed E-state index contributed by atoms with van der Waals surface area (Å²) in [5, 5.41) is 11.2. The highest BCUT2D eigenvalue weighted by atomic mass is 19.1. The number of aryl methyl sites for hydroxylation is 2. The Labute approximate surface area is 105 Å². The Hall–Kier alpha value is -1.91. The van der Waals surface area contributed by atoms with E-state index in [1.54, 1.807) is 13.8 Å². The predicted octanol–water partition coefficient (Wildman–Crippen LogP) is 1.89. The Morgan fingerprint density at radius 2 is 1.83 bits per heavy atom. The largest absolute Gasteiger partial charge is 0.481 e. The zero-order valence-electron chi connectivity index (χ0n) is 10.6. The number of amides is 1. The van der Waals surface area contributed by atoms with Crippen molar-refractivity contribution >= 4 is 11.9 Å². The molecule has 0 spiro atoms. The smallest absolute Gasteiger partial charge is 0.308 e. The molecule has 1 rings (SSSR count). The van der Waals surface area contributed by atoms with Crippen LogP contribution in [0.1, 0.15) is 28.4 Å². The SMILES string of the molecule is Cc1cc(C(=O)NCC(C)C(=O)O)cc(C)c1F. The zero-order chi connectivity index (χ0) is 13.9. The first-order valence-electron chi connectivity index (χ1n) is 5.60. The van der Waals surface area contributed by atoms with Gasteiger partial charge in [-0.15, -0.1) is 0 Å². The minimum atomic E-state index is -0.971. The van der Waals surface area contributed by atoms with Gasteiger partial charge >= 0.3 is 5.97 Å². The van der Waals surface area contributed by atoms with Crippen molar-refractivity contribution in [1.82, 2.24) is 5.32 Å². The number of hydrogen-bond acceptors (Lipinski definition) is 2. The number of carboxylic acids is 1. The van der Waals surface area contributed by atoms with Crippen LogP contribution in [-0.2, 0) is 4.79 Å². The number of benzene rings is 1. The third kappa shape index (κ3) is 3.29. The van der Waals surface area contributed by atoms with Gasteiger partial charge < -0.3 is 10.4 Å². The van der Waals surface area contributed by atoms with Gasteiger partial charge in [0, 0.05) is 12.1 Å². The van der Waals surface area contributed by atoms with E-state index in [-0.39, 0.29) is 12.4 Å². The summed E-state index contributed by atoms with van der Waals surface area (Å²) in [7, 11) is 0. The molecule has 0 aliphatic heterocycles. The van der Waals surface area contributed by atoms with E-state index in [1.807, 2.05) is 0 Å². The number of halogens is 1. The average molecular weight is 253 g/mol. The van der Waals surface area contributed by atoms with E-state index >= 15 is 0 Å². The number of rotatable bonds is 4. The molecule has 5 heteroatoms. The van der Waals surface area contributed by atoms with Crippen molar-refractivity contribution in [3.05, 3.63) is 34.6 Å². The molecule has 0 aliphatic carbocycles. The van der Waals surface area contributed by atoms with E-state index in [4.69, 9.17) is 5.11 Å². The summed E-state index contributed by atoms with van der Waals surface area (Å²) < 4.78 is 13.4. The van der Waals surface area contributed by atoms with Gasteiger partial charge in [0.05, 0.1) is 5.92 Å². The summed E-state index contributed by atoms with van der Waals surface area (Å²) in [4.78, 5) is 22.4. The maximum absolute atomic E-state index is 13.4. The van der Waals surface area contributed by atoms with Crippen molar-refractivity contribution in [1.29, 1.82) is 0 Å². The normalized spacial score (nSPS) is 12.0. The number of nitrogens with one attached hydrogen (secondary N) is 1. The van der Waals surface area contributed by atoms with Gasteiger partial charge in [0.1, 0.15) is 5.82 Å². The molecule has 2 N–H and O–H groups in total. The quantitative estimate of drug-likeness (QED) is 0.861. The first-order valence-corrected chi connectivity index (χ1v) is 5.60. The second-order valence-corrected chi connectivity index (χ2v) is 4.37. The third-order valence-corrected chi connectivity index (χ3v) is 2.69. The van der Waals surface area contributed by atoms with Crippen LogP contribution in [0.5, 0.6) is 0 Å². The Balaban J connectivity index is 2.76. The molecule has 0 heterocycles. The van der Waals surface area contributed by atoms with Gasteiger partial charge in [0.15, 0.2) is 0 Å². The third-order valence-electron chi connectivity index (χ3n) is 2.69. The summed E-state index contributed by atoms with van der Waals surface area (Å²) in [5.74, 6) is -2.35. The topological polar surface area (TPSA) is 66.4 Å². The fourth-order valence-electron chi connectivity index (χ4n) is 1.51. The minimum Gasteiger partial charge on any atom is -0.481 e. The highest BCUT2D eigenvalue weighted by Crippen LogP contribution is 2.14. The average Bonchev–Trinajstić information content (AvgIpc) is 2.31. The van der Waals surface area contributed by atoms with Crippen molar-refractivity contribution < 1.29 is 19.1 Å². The second kappa shape index (κ2) is 5.62. The Morgan fingerprint density at radius 3 is 2.28 bits per heavy atom. The van der Waals surface area contributed by atoms with Crippen LogP contribution in [0, 0.1) is 25.6 Å². The van der Waals surface area contributed by atoms with Crippen LogP contribution in [0.3, 0.4) is 0 Å². The Kier molecular flexibility index (Phi) is 4.42. The van der Waals surface area contributed by atoms with E-state index in [1.165, 1.54) is 19.1 Å². The summed E-state index contributed by atoms with van der Waals surface area (Å²) >= 11 is 0. The molecular formula is C13H16FNO3. The molecule has 1 amide bonds. The maximum atomic E-state index is 13.4. The Bertz CT molecular complexity index is 462. The lowest BCUT2D eigenvalue weighted by atomic mass is 10.1. The monoisotopic (exact) mass is 253 g/mol. The van der Waals surface area contributed by atoms with Gasteiger partial charge in [-0.05, 0) is 37.1 Å². The summed E-state index contributed by atoms with van der Waals surface area (Å²) in [6.45, 7) is 4.71. The van der Waals surface area contributed by atoms with Crippen LogP contribution in [0.4, 0.5) is 4.39 Å². The molecule has 0 bridgehead atoms. The number of carboxylic acid groups (broad SMARTS) is 1. The molecule has 1 aromatic carbocycles. The predicted molar refractivity (Wildman–Crippen MR) is 65.0 cm³/mol. The molecule has 0 saturated heterocycles. The van der Waals surface area contributed by atoms with Crippen LogP contribution in [0.25, 0.3) is 0 Å². The molecule has 4 nitrogen and oxygen atoms in total. The fraction of sp³-hybridized carbons (Fsp3) is 0.385. The van der Waals surface area contributed by atoms with E-state index in [0.717, 1.165) is 0 Å². The molecule has 1 unspecified atom stereocenters. The van der Waals surface area contributed by atoms with Crippen LogP contribution in [0.2, 0.25) is 0 Å². The molecule has 98 valence electrons. The first-order chi connectivity index (χ1) is 8.32. The van der Waals surface area contributed by atoms with Gasteiger partial charge in [-0.1, -0.05) is 6.92 Å². The standard InChI is InChI=1S/C13H16FNO3/c1-7-4-10(5-8(2)11(7)14)12(16)15-6-9(3)13(17)18/h4-5,9H,6H2,1-3H3,(H,15,16)(H,17,18). The fourth-order valence-corrected chi connectivity index (χ4v) is 1.51. The van der Waals surface area contributed by atoms with Crippen LogP contribution < -0.4 is 5.32 Å². The highest BCUT2D eigenvalue weighted by molar-refractivity contribution is 5.94. The highest BCUT2D eigenvalue weighted by Gasteiger charge is 2.14. The molecule has 0 saturated carbocycles. The van der Waals surface area contributed by atoms with Crippen LogP contribution >= 0.6 is 0 Å². The Morgan fingerprint density at radius 1 is 1.33 bits per heavy atom. The lowest BCUT2D eigenvalue weighted by Crippen LogP contribution is -2.31. The second-order valence-electron chi connectivity index (χ2n) is 4.37. The lowest BCUT2D eigenvalue weighted by molar-refractivity contribution is -0.140. The molecule has 1 atom stereocenters. The molecule has 0 radical (unpaired) electrons. The number of carbonyl (C=O) groups is 2. The zero-order valence-corrected chi connectivity index (χ0v) is 10.6. The van der Waals surface area contributed by atoms with E-state index in [2.05, 4.69) is 5.32 Å². The number of hydrogen-bond donors (Lipinski definition) is 2. The van der Waals surface area contributed by atoms with Crippen molar-refractivity contribution in [2.75, 3.05) is 6.54 Å². The molecule has 0 fully saturated rings. The van der Waals surface area contributed by atoms with Crippen molar-refractivity contribution in [3.63, 3.8) is 0 Å². The van der Waals surface area contributed by atoms with Gasteiger partial charge in [-0.2, -0.15) is 0 Å². The molecular weight excluding hydrogens is 237 g/mol. The van der Waals surface area contributed by atoms with E-state index in [9.17, 15) is 14.0 Å². The van der Waals surface area contributed by atoms with Gasteiger partial charge in [-0.3, -0.25) is 9.59 Å². The van der Waals surface area contributed by atoms with Gasteiger partial charge in [0.25, 0.3) is 5.91 Å². The van der Waals surface area contributed by atoms with Gasteiger partial charge in [0.2, 0.25) is 0 Å². The molecule has 0 aromatic heterocycles. The minimum absolute atomic E-state index is 0.0453. The molecule has 18 heavy (non-hydrogen) atoms. The summed E-state index contributed by atoms with van der Waals surface area (Å²) in [6.07, 6.45) is 0. The summed E-state index contributed by atoms with van der Waals surface area (Å²) in [6, 6.07) is 2.90. The number of aliphatic carboxylic acids is 1. The van der Waals surface area contributed by atoms with E-state index < -0.39 is 17.8 Å². The van der Waals surface area contributed by atoms with Crippen molar-refractivity contribution in [3.8, 4) is 0 Å². The van der Waals surface area contributed by atoms with Crippen molar-refractivity contribution in [2.24, 2.45) is 5.92 Å².